The zero-order valence-electron chi connectivity index (χ0n) is 18.4. The zero-order chi connectivity index (χ0) is 25.1. The van der Waals surface area contributed by atoms with Gasteiger partial charge in [0.05, 0.1) is 16.9 Å². The summed E-state index contributed by atoms with van der Waals surface area (Å²) in [5, 5.41) is 7.76. The maximum atomic E-state index is 13.7. The summed E-state index contributed by atoms with van der Waals surface area (Å²) in [6, 6.07) is 24.0. The predicted octanol–water partition coefficient (Wildman–Crippen LogP) is 6.58. The number of nitrogens with zero attached hydrogens (tertiary/aromatic N) is 5. The Hall–Kier alpha value is -4.38. The standard InChI is InChI=1S/C25H17F3N6OS/c26-25(27,28)21-15-22(32-33(21)17-9-3-1-4-10-17)31-24(35)34(18-11-5-2-6-12-18)36-23-19-13-7-8-14-20(19)29-16-30-23/h1-16H,(H,31,32,35). The highest BCUT2D eigenvalue weighted by atomic mass is 32.2. The van der Waals surface area contributed by atoms with Crippen LogP contribution in [0.4, 0.5) is 29.5 Å². The fourth-order valence-electron chi connectivity index (χ4n) is 3.48. The van der Waals surface area contributed by atoms with Crippen molar-refractivity contribution >= 4 is 40.4 Å². The summed E-state index contributed by atoms with van der Waals surface area (Å²) in [6.45, 7) is 0. The van der Waals surface area contributed by atoms with Gasteiger partial charge in [-0.25, -0.2) is 23.7 Å². The normalized spacial score (nSPS) is 11.4. The van der Waals surface area contributed by atoms with Crippen LogP contribution in [0.2, 0.25) is 0 Å². The minimum Gasteiger partial charge on any atom is -0.290 e. The van der Waals surface area contributed by atoms with Crippen molar-refractivity contribution in [2.75, 3.05) is 9.62 Å². The number of rotatable bonds is 5. The Labute approximate surface area is 207 Å². The van der Waals surface area contributed by atoms with E-state index in [0.29, 0.717) is 16.2 Å². The fraction of sp³-hybridized carbons (Fsp3) is 0.0400. The number of para-hydroxylation sites is 3. The van der Waals surface area contributed by atoms with Gasteiger partial charge in [0.1, 0.15) is 17.0 Å². The minimum absolute atomic E-state index is 0.215. The Balaban J connectivity index is 1.50. The highest BCUT2D eigenvalue weighted by Crippen LogP contribution is 2.35. The van der Waals surface area contributed by atoms with Crippen LogP contribution in [0.5, 0.6) is 0 Å². The lowest BCUT2D eigenvalue weighted by molar-refractivity contribution is -0.142. The van der Waals surface area contributed by atoms with Gasteiger partial charge in [-0.15, -0.1) is 5.10 Å². The van der Waals surface area contributed by atoms with Gasteiger partial charge in [-0.2, -0.15) is 13.2 Å². The molecule has 5 rings (SSSR count). The summed E-state index contributed by atoms with van der Waals surface area (Å²) in [4.78, 5) is 21.9. The third kappa shape index (κ3) is 4.86. The molecule has 0 saturated heterocycles. The average molecular weight is 507 g/mol. The molecule has 2 amide bonds. The first-order valence-electron chi connectivity index (χ1n) is 10.7. The molecule has 0 saturated carbocycles. The molecule has 180 valence electrons. The largest absolute Gasteiger partial charge is 0.433 e. The maximum absolute atomic E-state index is 13.7. The van der Waals surface area contributed by atoms with Crippen molar-refractivity contribution in [3.8, 4) is 5.69 Å². The summed E-state index contributed by atoms with van der Waals surface area (Å²) in [5.41, 5.74) is 0.401. The second kappa shape index (κ2) is 9.70. The Morgan fingerprint density at radius 2 is 1.56 bits per heavy atom. The van der Waals surface area contributed by atoms with E-state index < -0.39 is 17.9 Å². The number of aromatic nitrogens is 4. The Bertz CT molecular complexity index is 1500. The van der Waals surface area contributed by atoms with Gasteiger partial charge in [-0.1, -0.05) is 54.6 Å². The highest BCUT2D eigenvalue weighted by molar-refractivity contribution is 8.01. The van der Waals surface area contributed by atoms with Crippen molar-refractivity contribution in [1.82, 2.24) is 19.7 Å². The third-order valence-electron chi connectivity index (χ3n) is 5.09. The van der Waals surface area contributed by atoms with Crippen LogP contribution in [0.15, 0.2) is 102 Å². The van der Waals surface area contributed by atoms with Gasteiger partial charge in [-0.05, 0) is 30.3 Å². The van der Waals surface area contributed by atoms with Crippen molar-refractivity contribution in [3.05, 3.63) is 103 Å². The zero-order valence-corrected chi connectivity index (χ0v) is 19.2. The van der Waals surface area contributed by atoms with Gasteiger partial charge in [0.25, 0.3) is 0 Å². The topological polar surface area (TPSA) is 75.9 Å². The number of benzene rings is 3. The number of carbonyl (C=O) groups is 1. The number of amides is 2. The molecule has 2 heterocycles. The van der Waals surface area contributed by atoms with Crippen LogP contribution in [-0.4, -0.2) is 25.8 Å². The summed E-state index contributed by atoms with van der Waals surface area (Å²) in [7, 11) is 0. The van der Waals surface area contributed by atoms with E-state index in [1.54, 1.807) is 48.5 Å². The van der Waals surface area contributed by atoms with E-state index in [-0.39, 0.29) is 11.5 Å². The van der Waals surface area contributed by atoms with Crippen molar-refractivity contribution < 1.29 is 18.0 Å². The molecule has 0 unspecified atom stereocenters. The molecule has 0 aliphatic rings. The van der Waals surface area contributed by atoms with E-state index in [4.69, 9.17) is 0 Å². The second-order valence-corrected chi connectivity index (χ2v) is 8.44. The van der Waals surface area contributed by atoms with Gasteiger partial charge >= 0.3 is 12.2 Å². The SMILES string of the molecule is O=C(Nc1cc(C(F)(F)F)n(-c2ccccc2)n1)N(Sc1ncnc2ccccc12)c1ccccc1. The molecule has 11 heteroatoms. The molecule has 0 bridgehead atoms. The molecule has 36 heavy (non-hydrogen) atoms. The lowest BCUT2D eigenvalue weighted by atomic mass is 10.2. The Kier molecular flexibility index (Phi) is 6.30. The molecule has 5 aromatic rings. The summed E-state index contributed by atoms with van der Waals surface area (Å²) in [6.07, 6.45) is -3.29. The van der Waals surface area contributed by atoms with E-state index in [1.807, 2.05) is 24.3 Å². The number of fused-ring (bicyclic) bond motifs is 1. The van der Waals surface area contributed by atoms with Crippen molar-refractivity contribution in [3.63, 3.8) is 0 Å². The van der Waals surface area contributed by atoms with Crippen LogP contribution in [0.1, 0.15) is 5.69 Å². The number of alkyl halides is 3. The van der Waals surface area contributed by atoms with E-state index in [2.05, 4.69) is 20.4 Å². The van der Waals surface area contributed by atoms with Crippen molar-refractivity contribution in [2.24, 2.45) is 0 Å². The van der Waals surface area contributed by atoms with E-state index in [1.165, 1.54) is 22.8 Å². The molecular weight excluding hydrogens is 489 g/mol. The first-order chi connectivity index (χ1) is 17.4. The van der Waals surface area contributed by atoms with Crippen LogP contribution < -0.4 is 9.62 Å². The van der Waals surface area contributed by atoms with E-state index in [0.717, 1.165) is 28.1 Å². The third-order valence-corrected chi connectivity index (χ3v) is 6.15. The monoisotopic (exact) mass is 506 g/mol. The number of urea groups is 1. The highest BCUT2D eigenvalue weighted by Gasteiger charge is 2.37. The smallest absolute Gasteiger partial charge is 0.290 e. The van der Waals surface area contributed by atoms with Gasteiger partial charge in [0.15, 0.2) is 5.82 Å². The molecule has 0 aliphatic carbocycles. The van der Waals surface area contributed by atoms with Gasteiger partial charge in [0, 0.05) is 23.4 Å². The molecule has 3 aromatic carbocycles. The molecule has 0 aliphatic heterocycles. The lowest BCUT2D eigenvalue weighted by Crippen LogP contribution is -2.29. The summed E-state index contributed by atoms with van der Waals surface area (Å²) in [5.74, 6) is -0.245. The van der Waals surface area contributed by atoms with E-state index >= 15 is 0 Å². The number of carbonyl (C=O) groups excluding carboxylic acids is 1. The molecule has 1 N–H and O–H groups in total. The van der Waals surface area contributed by atoms with Crippen LogP contribution in [0, 0.1) is 0 Å². The van der Waals surface area contributed by atoms with Crippen LogP contribution in [0.25, 0.3) is 16.6 Å². The van der Waals surface area contributed by atoms with Crippen LogP contribution >= 0.6 is 11.9 Å². The molecule has 0 radical (unpaired) electrons. The van der Waals surface area contributed by atoms with Gasteiger partial charge in [-0.3, -0.25) is 5.32 Å². The second-order valence-electron chi connectivity index (χ2n) is 7.51. The van der Waals surface area contributed by atoms with Gasteiger partial charge in [0.2, 0.25) is 0 Å². The van der Waals surface area contributed by atoms with E-state index in [9.17, 15) is 18.0 Å². The van der Waals surface area contributed by atoms with Crippen molar-refractivity contribution in [1.29, 1.82) is 0 Å². The maximum Gasteiger partial charge on any atom is 0.433 e. The number of halogens is 3. The molecule has 0 fully saturated rings. The van der Waals surface area contributed by atoms with Crippen LogP contribution in [-0.2, 0) is 6.18 Å². The lowest BCUT2D eigenvalue weighted by Gasteiger charge is -2.21. The van der Waals surface area contributed by atoms with Gasteiger partial charge < -0.3 is 0 Å². The first kappa shape index (κ1) is 23.4. The predicted molar refractivity (Wildman–Crippen MR) is 132 cm³/mol. The molecular formula is C25H17F3N6OS. The number of anilines is 2. The average Bonchev–Trinajstić information content (AvgIpc) is 3.33. The minimum atomic E-state index is -4.68. The number of nitrogens with one attached hydrogen (secondary N) is 1. The number of hydrogen-bond acceptors (Lipinski definition) is 5. The molecule has 0 spiro atoms. The van der Waals surface area contributed by atoms with Crippen LogP contribution in [0.3, 0.4) is 0 Å². The summed E-state index contributed by atoms with van der Waals surface area (Å²) >= 11 is 1.02. The Morgan fingerprint density at radius 1 is 0.889 bits per heavy atom. The molecule has 7 nitrogen and oxygen atoms in total. The van der Waals surface area contributed by atoms with Crippen molar-refractivity contribution in [2.45, 2.75) is 11.2 Å². The fourth-order valence-corrected chi connectivity index (χ4v) is 4.38. The molecule has 2 aromatic heterocycles. The quantitative estimate of drug-likeness (QED) is 0.215. The molecule has 0 atom stereocenters. The Morgan fingerprint density at radius 3 is 2.28 bits per heavy atom. The number of hydrogen-bond donors (Lipinski definition) is 1. The first-order valence-corrected chi connectivity index (χ1v) is 11.4. The summed E-state index contributed by atoms with van der Waals surface area (Å²) < 4.78 is 43.3.